The highest BCUT2D eigenvalue weighted by atomic mass is 32.2. The van der Waals surface area contributed by atoms with Gasteiger partial charge in [0.25, 0.3) is 0 Å². The van der Waals surface area contributed by atoms with Gasteiger partial charge in [-0.1, -0.05) is 26.0 Å². The Labute approximate surface area is 119 Å². The number of ether oxygens (including phenoxy) is 1. The predicted molar refractivity (Wildman–Crippen MR) is 75.7 cm³/mol. The Hall–Kier alpha value is -1.40. The molecule has 0 atom stereocenters. The second-order valence-electron chi connectivity index (χ2n) is 4.92. The van der Waals surface area contributed by atoms with Crippen molar-refractivity contribution in [2.75, 3.05) is 19.0 Å². The number of hydrogen-bond acceptors (Lipinski definition) is 4. The molecule has 0 aliphatic heterocycles. The maximum absolute atomic E-state index is 12.1. The highest BCUT2D eigenvalue weighted by Crippen LogP contribution is 2.17. The lowest BCUT2D eigenvalue weighted by atomic mass is 10.1. The maximum atomic E-state index is 12.1. The molecule has 1 N–H and O–H groups in total. The molecule has 0 aromatic heterocycles. The van der Waals surface area contributed by atoms with E-state index in [1.54, 1.807) is 0 Å². The molecule has 0 fully saturated rings. The number of carbonyl (C=O) groups is 1. The summed E-state index contributed by atoms with van der Waals surface area (Å²) in [6, 6.07) is 5.61. The molecule has 1 aromatic rings. The summed E-state index contributed by atoms with van der Waals surface area (Å²) < 4.78 is 29.5. The zero-order valence-corrected chi connectivity index (χ0v) is 12.5. The molecule has 20 heavy (non-hydrogen) atoms. The quantitative estimate of drug-likeness (QED) is 0.745. The fraction of sp³-hybridized carbons (Fsp3) is 0.500. The summed E-state index contributed by atoms with van der Waals surface area (Å²) in [6.07, 6.45) is 0.867. The summed E-state index contributed by atoms with van der Waals surface area (Å²) in [5.41, 5.74) is -0.199. The molecule has 0 aliphatic carbocycles. The van der Waals surface area contributed by atoms with Gasteiger partial charge in [0.05, 0.1) is 22.8 Å². The molecule has 0 amide bonds. The van der Waals surface area contributed by atoms with Crippen LogP contribution in [0.5, 0.6) is 0 Å². The van der Waals surface area contributed by atoms with E-state index in [9.17, 15) is 13.2 Å². The molecule has 0 spiro atoms. The van der Waals surface area contributed by atoms with E-state index >= 15 is 0 Å². The monoisotopic (exact) mass is 300 g/mol. The smallest absolute Gasteiger partial charge is 0.337 e. The summed E-state index contributed by atoms with van der Waals surface area (Å²) in [6.45, 7) is 4.70. The van der Waals surface area contributed by atoms with Crippen molar-refractivity contribution in [3.05, 3.63) is 29.8 Å². The first kappa shape index (κ1) is 16.7. The number of carboxylic acids is 1. The number of carboxylic acid groups (broad SMARTS) is 1. The van der Waals surface area contributed by atoms with Crippen LogP contribution in [0.15, 0.2) is 29.2 Å². The highest BCUT2D eigenvalue weighted by Gasteiger charge is 2.21. The summed E-state index contributed by atoms with van der Waals surface area (Å²) in [5, 5.41) is 9.00. The maximum Gasteiger partial charge on any atom is 0.337 e. The van der Waals surface area contributed by atoms with Gasteiger partial charge in [0.2, 0.25) is 0 Å². The normalized spacial score (nSPS) is 11.8. The van der Waals surface area contributed by atoms with Crippen molar-refractivity contribution >= 4 is 15.8 Å². The van der Waals surface area contributed by atoms with E-state index in [-0.39, 0.29) is 22.8 Å². The second-order valence-corrected chi connectivity index (χ2v) is 6.99. The van der Waals surface area contributed by atoms with Crippen LogP contribution in [-0.4, -0.2) is 38.5 Å². The van der Waals surface area contributed by atoms with E-state index < -0.39 is 15.8 Å². The van der Waals surface area contributed by atoms with Gasteiger partial charge >= 0.3 is 5.97 Å². The van der Waals surface area contributed by atoms with Gasteiger partial charge in [-0.3, -0.25) is 0 Å². The molecule has 112 valence electrons. The Balaban J connectivity index is 2.68. The minimum atomic E-state index is -3.64. The van der Waals surface area contributed by atoms with Crippen LogP contribution in [0.2, 0.25) is 0 Å². The van der Waals surface area contributed by atoms with Crippen LogP contribution in [0.4, 0.5) is 0 Å². The lowest BCUT2D eigenvalue weighted by Gasteiger charge is -2.09. The van der Waals surface area contributed by atoms with Crippen molar-refractivity contribution in [1.82, 2.24) is 0 Å². The Kier molecular flexibility index (Phi) is 6.16. The molecule has 0 aliphatic rings. The summed E-state index contributed by atoms with van der Waals surface area (Å²) >= 11 is 0. The first-order chi connectivity index (χ1) is 9.34. The van der Waals surface area contributed by atoms with Gasteiger partial charge in [-0.05, 0) is 24.5 Å². The van der Waals surface area contributed by atoms with Gasteiger partial charge in [-0.25, -0.2) is 13.2 Å². The van der Waals surface area contributed by atoms with Crippen LogP contribution in [0.3, 0.4) is 0 Å². The number of rotatable bonds is 8. The molecular formula is C14H20O5S. The molecule has 0 heterocycles. The van der Waals surface area contributed by atoms with Crippen LogP contribution in [0.1, 0.15) is 30.6 Å². The highest BCUT2D eigenvalue weighted by molar-refractivity contribution is 7.91. The fourth-order valence-electron chi connectivity index (χ4n) is 1.61. The summed E-state index contributed by atoms with van der Waals surface area (Å²) in [4.78, 5) is 10.9. The van der Waals surface area contributed by atoms with Crippen molar-refractivity contribution in [3.8, 4) is 0 Å². The lowest BCUT2D eigenvalue weighted by molar-refractivity contribution is 0.0692. The number of hydrogen-bond donors (Lipinski definition) is 1. The summed E-state index contributed by atoms with van der Waals surface area (Å²) in [7, 11) is -3.64. The van der Waals surface area contributed by atoms with Gasteiger partial charge < -0.3 is 9.84 Å². The van der Waals surface area contributed by atoms with Crippen LogP contribution in [-0.2, 0) is 14.6 Å². The molecule has 0 radical (unpaired) electrons. The van der Waals surface area contributed by atoms with Gasteiger partial charge in [-0.15, -0.1) is 0 Å². The molecule has 5 nitrogen and oxygen atoms in total. The van der Waals surface area contributed by atoms with Gasteiger partial charge in [0.1, 0.15) is 0 Å². The Morgan fingerprint density at radius 3 is 2.50 bits per heavy atom. The minimum Gasteiger partial charge on any atom is -0.478 e. The average molecular weight is 300 g/mol. The molecule has 0 saturated carbocycles. The number of sulfone groups is 1. The number of benzene rings is 1. The molecule has 0 unspecified atom stereocenters. The van der Waals surface area contributed by atoms with Gasteiger partial charge in [0.15, 0.2) is 9.84 Å². The largest absolute Gasteiger partial charge is 0.478 e. The van der Waals surface area contributed by atoms with Crippen LogP contribution >= 0.6 is 0 Å². The standard InChI is InChI=1S/C14H20O5S/c1-11(2)7-8-19-9-10-20(17,18)13-6-4-3-5-12(13)14(15)16/h3-6,11H,7-10H2,1-2H3,(H,15,16). The third-order valence-corrected chi connectivity index (χ3v) is 4.52. The molecule has 6 heteroatoms. The van der Waals surface area contributed by atoms with Crippen molar-refractivity contribution < 1.29 is 23.1 Å². The van der Waals surface area contributed by atoms with Crippen molar-refractivity contribution in [2.24, 2.45) is 5.92 Å². The fourth-order valence-corrected chi connectivity index (χ4v) is 2.95. The predicted octanol–water partition coefficient (Wildman–Crippen LogP) is 2.22. The first-order valence-electron chi connectivity index (χ1n) is 6.47. The molecular weight excluding hydrogens is 280 g/mol. The van der Waals surface area contributed by atoms with E-state index in [4.69, 9.17) is 9.84 Å². The van der Waals surface area contributed by atoms with E-state index in [2.05, 4.69) is 13.8 Å². The first-order valence-corrected chi connectivity index (χ1v) is 8.12. The Morgan fingerprint density at radius 1 is 1.25 bits per heavy atom. The topological polar surface area (TPSA) is 80.7 Å². The van der Waals surface area contributed by atoms with Crippen LogP contribution in [0.25, 0.3) is 0 Å². The lowest BCUT2D eigenvalue weighted by Crippen LogP contribution is -2.16. The molecule has 0 saturated heterocycles. The Morgan fingerprint density at radius 2 is 1.90 bits per heavy atom. The molecule has 0 bridgehead atoms. The molecule has 1 rings (SSSR count). The second kappa shape index (κ2) is 7.40. The molecule has 1 aromatic carbocycles. The number of aromatic carboxylic acids is 1. The van der Waals surface area contributed by atoms with E-state index in [1.807, 2.05) is 0 Å². The minimum absolute atomic E-state index is 0.0724. The Bertz CT molecular complexity index is 548. The van der Waals surface area contributed by atoms with Crippen LogP contribution in [0, 0.1) is 5.92 Å². The van der Waals surface area contributed by atoms with Gasteiger partial charge in [-0.2, -0.15) is 0 Å². The van der Waals surface area contributed by atoms with Crippen LogP contribution < -0.4 is 0 Å². The third kappa shape index (κ3) is 4.94. The zero-order valence-electron chi connectivity index (χ0n) is 11.7. The van der Waals surface area contributed by atoms with Gasteiger partial charge in [0, 0.05) is 6.61 Å². The van der Waals surface area contributed by atoms with Crippen molar-refractivity contribution in [1.29, 1.82) is 0 Å². The van der Waals surface area contributed by atoms with E-state index in [0.29, 0.717) is 12.5 Å². The van der Waals surface area contributed by atoms with Crippen molar-refractivity contribution in [3.63, 3.8) is 0 Å². The van der Waals surface area contributed by atoms with Crippen molar-refractivity contribution in [2.45, 2.75) is 25.2 Å². The average Bonchev–Trinajstić information content (AvgIpc) is 2.37. The summed E-state index contributed by atoms with van der Waals surface area (Å²) in [5.74, 6) is -0.959. The SMILES string of the molecule is CC(C)CCOCCS(=O)(=O)c1ccccc1C(=O)O. The van der Waals surface area contributed by atoms with E-state index in [0.717, 1.165) is 6.42 Å². The van der Waals surface area contributed by atoms with E-state index in [1.165, 1.54) is 24.3 Å². The zero-order chi connectivity index (χ0) is 15.2. The third-order valence-electron chi connectivity index (χ3n) is 2.79.